The summed E-state index contributed by atoms with van der Waals surface area (Å²) in [5.41, 5.74) is 7.27. The van der Waals surface area contributed by atoms with Gasteiger partial charge in [-0.15, -0.1) is 12.4 Å². The van der Waals surface area contributed by atoms with Gasteiger partial charge in [-0.1, -0.05) is 12.1 Å². The van der Waals surface area contributed by atoms with Gasteiger partial charge in [-0.3, -0.25) is 9.69 Å². The number of halogens is 1. The Morgan fingerprint density at radius 3 is 2.77 bits per heavy atom. The van der Waals surface area contributed by atoms with Crippen molar-refractivity contribution in [1.29, 1.82) is 5.26 Å². The van der Waals surface area contributed by atoms with E-state index in [1.807, 2.05) is 24.3 Å². The highest BCUT2D eigenvalue weighted by atomic mass is 35.5. The minimum Gasteiger partial charge on any atom is -0.355 e. The third-order valence-electron chi connectivity index (χ3n) is 3.81. The van der Waals surface area contributed by atoms with Gasteiger partial charge in [0.2, 0.25) is 5.91 Å². The van der Waals surface area contributed by atoms with E-state index >= 15 is 0 Å². The molecule has 1 unspecified atom stereocenters. The van der Waals surface area contributed by atoms with Crippen molar-refractivity contribution in [2.45, 2.75) is 19.4 Å². The van der Waals surface area contributed by atoms with E-state index in [-0.39, 0.29) is 24.2 Å². The number of nitriles is 1. The third-order valence-corrected chi connectivity index (χ3v) is 3.81. The van der Waals surface area contributed by atoms with Crippen molar-refractivity contribution >= 4 is 18.3 Å². The topological polar surface area (TPSA) is 82.2 Å². The molecule has 120 valence electrons. The van der Waals surface area contributed by atoms with Gasteiger partial charge in [0.15, 0.2) is 0 Å². The molecular formula is C16H23ClN4O. The normalized spacial score (nSPS) is 18.1. The number of hydrogen-bond donors (Lipinski definition) is 2. The minimum absolute atomic E-state index is 0. The van der Waals surface area contributed by atoms with E-state index in [4.69, 9.17) is 11.0 Å². The molecular weight excluding hydrogens is 300 g/mol. The number of rotatable bonds is 5. The fraction of sp³-hybridized carbons (Fsp3) is 0.500. The summed E-state index contributed by atoms with van der Waals surface area (Å²) in [6, 6.07) is 9.76. The molecule has 22 heavy (non-hydrogen) atoms. The molecule has 1 atom stereocenters. The average molecular weight is 323 g/mol. The van der Waals surface area contributed by atoms with E-state index in [1.54, 1.807) is 0 Å². The van der Waals surface area contributed by atoms with E-state index in [9.17, 15) is 4.79 Å². The Kier molecular flexibility index (Phi) is 7.89. The predicted molar refractivity (Wildman–Crippen MR) is 88.5 cm³/mol. The number of amides is 1. The van der Waals surface area contributed by atoms with Crippen LogP contribution in [0.3, 0.4) is 0 Å². The van der Waals surface area contributed by atoms with Gasteiger partial charge in [-0.2, -0.15) is 5.26 Å². The fourth-order valence-corrected chi connectivity index (χ4v) is 2.70. The summed E-state index contributed by atoms with van der Waals surface area (Å²) in [5, 5.41) is 11.7. The molecule has 1 heterocycles. The first-order valence-corrected chi connectivity index (χ1v) is 7.42. The van der Waals surface area contributed by atoms with Crippen molar-refractivity contribution in [3.05, 3.63) is 35.4 Å². The summed E-state index contributed by atoms with van der Waals surface area (Å²) in [6.07, 6.45) is 1.98. The number of likely N-dealkylation sites (tertiary alicyclic amines) is 1. The Morgan fingerprint density at radius 2 is 2.14 bits per heavy atom. The molecule has 0 bridgehead atoms. The highest BCUT2D eigenvalue weighted by Gasteiger charge is 2.25. The van der Waals surface area contributed by atoms with Crippen LogP contribution in [0.4, 0.5) is 0 Å². The Balaban J connectivity index is 0.00000242. The maximum atomic E-state index is 12.0. The first kappa shape index (κ1) is 18.4. The van der Waals surface area contributed by atoms with Gasteiger partial charge < -0.3 is 11.1 Å². The summed E-state index contributed by atoms with van der Waals surface area (Å²) in [7, 11) is 0. The maximum absolute atomic E-state index is 12.0. The van der Waals surface area contributed by atoms with Crippen molar-refractivity contribution < 1.29 is 4.79 Å². The molecule has 1 aromatic rings. The summed E-state index contributed by atoms with van der Waals surface area (Å²) in [6.45, 7) is 3.65. The first-order valence-electron chi connectivity index (χ1n) is 7.42. The van der Waals surface area contributed by atoms with Crippen molar-refractivity contribution in [3.8, 4) is 6.07 Å². The van der Waals surface area contributed by atoms with Gasteiger partial charge in [-0.05, 0) is 37.1 Å². The minimum atomic E-state index is 0. The van der Waals surface area contributed by atoms with Crippen LogP contribution in [0.5, 0.6) is 0 Å². The van der Waals surface area contributed by atoms with Crippen molar-refractivity contribution in [3.63, 3.8) is 0 Å². The van der Waals surface area contributed by atoms with Gasteiger partial charge in [0.1, 0.15) is 0 Å². The standard InChI is InChI=1S/C16H22N4O.ClH/c17-7-8-19-16(21)15-2-1-9-20(12-15)11-14-5-3-13(10-18)4-6-14;/h3-6,15H,1-2,7-9,11-12,17H2,(H,19,21);1H. The molecule has 1 amide bonds. The van der Waals surface area contributed by atoms with Crippen molar-refractivity contribution in [2.24, 2.45) is 11.7 Å². The number of hydrogen-bond acceptors (Lipinski definition) is 4. The number of nitrogens with two attached hydrogens (primary N) is 1. The Bertz CT molecular complexity index is 512. The second kappa shape index (κ2) is 9.42. The molecule has 2 rings (SSSR count). The van der Waals surface area contributed by atoms with E-state index < -0.39 is 0 Å². The second-order valence-corrected chi connectivity index (χ2v) is 5.46. The van der Waals surface area contributed by atoms with Crippen molar-refractivity contribution in [2.75, 3.05) is 26.2 Å². The highest BCUT2D eigenvalue weighted by Crippen LogP contribution is 2.19. The van der Waals surface area contributed by atoms with Gasteiger partial charge >= 0.3 is 0 Å². The summed E-state index contributed by atoms with van der Waals surface area (Å²) < 4.78 is 0. The molecule has 0 spiro atoms. The zero-order valence-electron chi connectivity index (χ0n) is 12.6. The molecule has 6 heteroatoms. The predicted octanol–water partition coefficient (Wildman–Crippen LogP) is 1.27. The number of piperidine rings is 1. The van der Waals surface area contributed by atoms with Crippen molar-refractivity contribution in [1.82, 2.24) is 10.2 Å². The van der Waals surface area contributed by atoms with Gasteiger partial charge in [0.25, 0.3) is 0 Å². The molecule has 0 aliphatic carbocycles. The molecule has 1 fully saturated rings. The molecule has 0 aromatic heterocycles. The van der Waals surface area contributed by atoms with Crippen LogP contribution in [-0.2, 0) is 11.3 Å². The van der Waals surface area contributed by atoms with E-state index in [2.05, 4.69) is 16.3 Å². The third kappa shape index (κ3) is 5.30. The molecule has 1 aliphatic rings. The lowest BCUT2D eigenvalue weighted by Gasteiger charge is -2.32. The van der Waals surface area contributed by atoms with Crippen LogP contribution in [0.1, 0.15) is 24.0 Å². The molecule has 0 radical (unpaired) electrons. The maximum Gasteiger partial charge on any atom is 0.224 e. The second-order valence-electron chi connectivity index (χ2n) is 5.46. The molecule has 1 aromatic carbocycles. The zero-order chi connectivity index (χ0) is 15.1. The van der Waals surface area contributed by atoms with Crippen LogP contribution in [0.2, 0.25) is 0 Å². The Labute approximate surface area is 137 Å². The Hall–Kier alpha value is -1.61. The van der Waals surface area contributed by atoms with Gasteiger partial charge in [-0.25, -0.2) is 0 Å². The van der Waals surface area contributed by atoms with Crippen LogP contribution >= 0.6 is 12.4 Å². The summed E-state index contributed by atoms with van der Waals surface area (Å²) in [4.78, 5) is 14.3. The van der Waals surface area contributed by atoms with Crippen LogP contribution in [0, 0.1) is 17.2 Å². The fourth-order valence-electron chi connectivity index (χ4n) is 2.70. The zero-order valence-corrected chi connectivity index (χ0v) is 13.4. The number of nitrogens with zero attached hydrogens (tertiary/aromatic N) is 2. The van der Waals surface area contributed by atoms with E-state index in [0.29, 0.717) is 18.7 Å². The van der Waals surface area contributed by atoms with Crippen LogP contribution in [-0.4, -0.2) is 37.0 Å². The largest absolute Gasteiger partial charge is 0.355 e. The van der Waals surface area contributed by atoms with E-state index in [1.165, 1.54) is 5.56 Å². The van der Waals surface area contributed by atoms with Crippen LogP contribution in [0.25, 0.3) is 0 Å². The molecule has 1 aliphatic heterocycles. The van der Waals surface area contributed by atoms with Crippen LogP contribution in [0.15, 0.2) is 24.3 Å². The first-order chi connectivity index (χ1) is 10.2. The molecule has 0 saturated carbocycles. The number of carbonyl (C=O) groups excluding carboxylic acids is 1. The lowest BCUT2D eigenvalue weighted by Crippen LogP contribution is -2.43. The quantitative estimate of drug-likeness (QED) is 0.855. The molecule has 1 saturated heterocycles. The average Bonchev–Trinajstić information content (AvgIpc) is 2.53. The summed E-state index contributed by atoms with van der Waals surface area (Å²) in [5.74, 6) is 0.175. The summed E-state index contributed by atoms with van der Waals surface area (Å²) >= 11 is 0. The highest BCUT2D eigenvalue weighted by molar-refractivity contribution is 5.85. The number of nitrogens with one attached hydrogen (secondary N) is 1. The van der Waals surface area contributed by atoms with Crippen LogP contribution < -0.4 is 11.1 Å². The smallest absolute Gasteiger partial charge is 0.224 e. The number of benzene rings is 1. The van der Waals surface area contributed by atoms with Gasteiger partial charge in [0, 0.05) is 26.2 Å². The molecule has 5 nitrogen and oxygen atoms in total. The van der Waals surface area contributed by atoms with Gasteiger partial charge in [0.05, 0.1) is 17.6 Å². The lowest BCUT2D eigenvalue weighted by atomic mass is 9.96. The molecule has 3 N–H and O–H groups in total. The monoisotopic (exact) mass is 322 g/mol. The lowest BCUT2D eigenvalue weighted by molar-refractivity contribution is -0.126. The Morgan fingerprint density at radius 1 is 1.41 bits per heavy atom. The SMILES string of the molecule is Cl.N#Cc1ccc(CN2CCCC(C(=O)NCCN)C2)cc1. The van der Waals surface area contributed by atoms with E-state index in [0.717, 1.165) is 32.5 Å². The number of carbonyl (C=O) groups is 1.